The first-order valence-corrected chi connectivity index (χ1v) is 7.32. The van der Waals surface area contributed by atoms with E-state index in [2.05, 4.69) is 10.6 Å². The van der Waals surface area contributed by atoms with Crippen molar-refractivity contribution < 1.29 is 19.1 Å². The van der Waals surface area contributed by atoms with Crippen molar-refractivity contribution in [2.24, 2.45) is 0 Å². The van der Waals surface area contributed by atoms with Crippen molar-refractivity contribution in [3.8, 4) is 0 Å². The normalized spacial score (nSPS) is 13.4. The van der Waals surface area contributed by atoms with E-state index in [1.165, 1.54) is 17.6 Å². The van der Waals surface area contributed by atoms with E-state index in [-0.39, 0.29) is 6.54 Å². The fourth-order valence-electron chi connectivity index (χ4n) is 1.85. The Morgan fingerprint density at radius 1 is 1.29 bits per heavy atom. The highest BCUT2D eigenvalue weighted by molar-refractivity contribution is 7.10. The molecule has 2 rings (SSSR count). The minimum atomic E-state index is -1.50. The Morgan fingerprint density at radius 2 is 2.05 bits per heavy atom. The Bertz CT molecular complexity index is 558. The van der Waals surface area contributed by atoms with E-state index in [9.17, 15) is 14.7 Å². The Hall–Kier alpha value is -2.12. The number of nitrogens with one attached hydrogen (secondary N) is 2. The monoisotopic (exact) mass is 308 g/mol. The summed E-state index contributed by atoms with van der Waals surface area (Å²) in [7, 11) is 0. The summed E-state index contributed by atoms with van der Waals surface area (Å²) < 4.78 is 5.27. The number of aliphatic hydroxyl groups is 1. The molecule has 0 aromatic carbocycles. The van der Waals surface area contributed by atoms with Gasteiger partial charge in [0.1, 0.15) is 5.76 Å². The molecule has 0 radical (unpaired) electrons. The fraction of sp³-hybridized carbons (Fsp3) is 0.286. The molecule has 0 bridgehead atoms. The molecule has 2 heterocycles. The topological polar surface area (TPSA) is 91.6 Å². The van der Waals surface area contributed by atoms with Crippen molar-refractivity contribution in [2.45, 2.75) is 12.5 Å². The van der Waals surface area contributed by atoms with Gasteiger partial charge in [-0.1, -0.05) is 6.07 Å². The first-order chi connectivity index (χ1) is 10.1. The Morgan fingerprint density at radius 3 is 2.62 bits per heavy atom. The van der Waals surface area contributed by atoms with Crippen LogP contribution in [0.4, 0.5) is 0 Å². The van der Waals surface area contributed by atoms with Crippen molar-refractivity contribution in [2.75, 3.05) is 13.1 Å². The lowest BCUT2D eigenvalue weighted by atomic mass is 9.98. The lowest BCUT2D eigenvalue weighted by Gasteiger charge is -2.25. The number of thiophene rings is 1. The minimum absolute atomic E-state index is 0.156. The van der Waals surface area contributed by atoms with Gasteiger partial charge in [-0.05, 0) is 30.5 Å². The highest BCUT2D eigenvalue weighted by Gasteiger charge is 2.36. The molecule has 0 aliphatic carbocycles. The number of rotatable bonds is 5. The van der Waals surface area contributed by atoms with Crippen molar-refractivity contribution in [3.05, 3.63) is 46.5 Å². The molecule has 1 atom stereocenters. The summed E-state index contributed by atoms with van der Waals surface area (Å²) in [4.78, 5) is 23.7. The van der Waals surface area contributed by atoms with Crippen molar-refractivity contribution in [1.29, 1.82) is 0 Å². The Labute approximate surface area is 125 Å². The molecule has 0 saturated carbocycles. The average molecular weight is 308 g/mol. The number of carbonyl (C=O) groups is 2. The second-order valence-electron chi connectivity index (χ2n) is 4.36. The number of carbonyl (C=O) groups excluding carboxylic acids is 2. The lowest BCUT2D eigenvalue weighted by molar-refractivity contribution is -0.139. The number of likely N-dealkylation sites (N-methyl/N-ethyl adjacent to an activating group) is 1. The molecule has 2 aromatic heterocycles. The average Bonchev–Trinajstić information content (AvgIpc) is 3.16. The molecule has 21 heavy (non-hydrogen) atoms. The van der Waals surface area contributed by atoms with Gasteiger partial charge in [-0.3, -0.25) is 9.59 Å². The highest BCUT2D eigenvalue weighted by atomic mass is 32.1. The fourth-order valence-corrected chi connectivity index (χ4v) is 2.68. The molecule has 6 nitrogen and oxygen atoms in total. The van der Waals surface area contributed by atoms with Crippen LogP contribution in [0.25, 0.3) is 0 Å². The lowest BCUT2D eigenvalue weighted by Crippen LogP contribution is -2.46. The number of hydrogen-bond acceptors (Lipinski definition) is 5. The molecule has 1 unspecified atom stereocenters. The van der Waals surface area contributed by atoms with Crippen LogP contribution in [0.3, 0.4) is 0 Å². The number of hydrogen-bond donors (Lipinski definition) is 3. The zero-order valence-electron chi connectivity index (χ0n) is 11.5. The summed E-state index contributed by atoms with van der Waals surface area (Å²) in [6.07, 6.45) is 1.44. The number of furan rings is 1. The molecule has 0 aliphatic heterocycles. The zero-order chi connectivity index (χ0) is 15.3. The van der Waals surface area contributed by atoms with Crippen LogP contribution in [0, 0.1) is 0 Å². The van der Waals surface area contributed by atoms with Crippen molar-refractivity contribution >= 4 is 23.2 Å². The van der Waals surface area contributed by atoms with Gasteiger partial charge in [0.2, 0.25) is 0 Å². The maximum Gasteiger partial charge on any atom is 0.309 e. The van der Waals surface area contributed by atoms with Gasteiger partial charge in [0, 0.05) is 11.4 Å². The van der Waals surface area contributed by atoms with Crippen LogP contribution in [0.5, 0.6) is 0 Å². The van der Waals surface area contributed by atoms with Crippen molar-refractivity contribution in [1.82, 2.24) is 10.6 Å². The summed E-state index contributed by atoms with van der Waals surface area (Å²) in [6.45, 7) is 1.92. The van der Waals surface area contributed by atoms with Gasteiger partial charge in [0.15, 0.2) is 5.60 Å². The van der Waals surface area contributed by atoms with E-state index in [1.54, 1.807) is 31.2 Å². The van der Waals surface area contributed by atoms with E-state index in [4.69, 9.17) is 4.42 Å². The van der Waals surface area contributed by atoms with Crippen LogP contribution < -0.4 is 10.6 Å². The van der Waals surface area contributed by atoms with Gasteiger partial charge in [-0.2, -0.15) is 0 Å². The maximum atomic E-state index is 11.7. The van der Waals surface area contributed by atoms with Gasteiger partial charge in [-0.15, -0.1) is 11.3 Å². The van der Waals surface area contributed by atoms with Crippen LogP contribution in [-0.4, -0.2) is 30.0 Å². The highest BCUT2D eigenvalue weighted by Crippen LogP contribution is 2.32. The third-order valence-electron chi connectivity index (χ3n) is 2.91. The molecule has 0 saturated heterocycles. The van der Waals surface area contributed by atoms with Gasteiger partial charge < -0.3 is 20.2 Å². The summed E-state index contributed by atoms with van der Waals surface area (Å²) >= 11 is 1.34. The standard InChI is InChI=1S/C14H16N2O4S/c1-2-15-12(17)13(18)16-9-14(19,10-5-3-7-20-10)11-6-4-8-21-11/h3-8,19H,2,9H2,1H3,(H,15,17)(H,16,18). The molecule has 3 N–H and O–H groups in total. The molecule has 0 aliphatic rings. The second kappa shape index (κ2) is 6.55. The zero-order valence-corrected chi connectivity index (χ0v) is 12.3. The van der Waals surface area contributed by atoms with Crippen molar-refractivity contribution in [3.63, 3.8) is 0 Å². The molecule has 7 heteroatoms. The quantitative estimate of drug-likeness (QED) is 0.714. The van der Waals surface area contributed by atoms with E-state index in [0.29, 0.717) is 17.2 Å². The molecular weight excluding hydrogens is 292 g/mol. The smallest absolute Gasteiger partial charge is 0.309 e. The predicted octanol–water partition coefficient (Wildman–Crippen LogP) is 0.829. The second-order valence-corrected chi connectivity index (χ2v) is 5.30. The van der Waals surface area contributed by atoms with E-state index < -0.39 is 17.4 Å². The van der Waals surface area contributed by atoms with Crippen LogP contribution in [0.2, 0.25) is 0 Å². The van der Waals surface area contributed by atoms with E-state index in [0.717, 1.165) is 0 Å². The van der Waals surface area contributed by atoms with Gasteiger partial charge >= 0.3 is 11.8 Å². The van der Waals surface area contributed by atoms with Gasteiger partial charge in [-0.25, -0.2) is 0 Å². The van der Waals surface area contributed by atoms with Crippen LogP contribution >= 0.6 is 11.3 Å². The molecule has 0 spiro atoms. The number of amides is 2. The van der Waals surface area contributed by atoms with Gasteiger partial charge in [0.05, 0.1) is 12.8 Å². The van der Waals surface area contributed by atoms with Gasteiger partial charge in [0.25, 0.3) is 0 Å². The molecule has 2 amide bonds. The van der Waals surface area contributed by atoms with E-state index in [1.807, 2.05) is 5.38 Å². The summed E-state index contributed by atoms with van der Waals surface area (Å²) in [6, 6.07) is 6.81. The molecular formula is C14H16N2O4S. The first kappa shape index (κ1) is 15.3. The first-order valence-electron chi connectivity index (χ1n) is 6.44. The summed E-state index contributed by atoms with van der Waals surface area (Å²) in [5.74, 6) is -1.22. The third-order valence-corrected chi connectivity index (χ3v) is 3.93. The van der Waals surface area contributed by atoms with Crippen LogP contribution in [-0.2, 0) is 15.2 Å². The van der Waals surface area contributed by atoms with Crippen LogP contribution in [0.15, 0.2) is 40.3 Å². The largest absolute Gasteiger partial charge is 0.466 e. The molecule has 112 valence electrons. The molecule has 0 fully saturated rings. The third kappa shape index (κ3) is 3.32. The predicted molar refractivity (Wildman–Crippen MR) is 77.7 cm³/mol. The van der Waals surface area contributed by atoms with Crippen LogP contribution in [0.1, 0.15) is 17.6 Å². The van der Waals surface area contributed by atoms with E-state index >= 15 is 0 Å². The Balaban J connectivity index is 2.15. The molecule has 2 aromatic rings. The Kier molecular flexibility index (Phi) is 4.77. The maximum absolute atomic E-state index is 11.7. The summed E-state index contributed by atoms with van der Waals surface area (Å²) in [5, 5.41) is 17.5. The minimum Gasteiger partial charge on any atom is -0.466 e. The summed E-state index contributed by atoms with van der Waals surface area (Å²) in [5.41, 5.74) is -1.50. The SMILES string of the molecule is CCNC(=O)C(=O)NCC(O)(c1ccco1)c1cccs1.